The molecule has 1 aliphatic carbocycles. The van der Waals surface area contributed by atoms with Crippen molar-refractivity contribution >= 4 is 27.3 Å². The largest absolute Gasteiger partial charge is 0.314 e. The highest BCUT2D eigenvalue weighted by Gasteiger charge is 2.11. The minimum absolute atomic E-state index is 0.159. The monoisotopic (exact) mass is 346 g/mol. The van der Waals surface area contributed by atoms with Gasteiger partial charge in [0.15, 0.2) is 0 Å². The summed E-state index contributed by atoms with van der Waals surface area (Å²) in [5, 5.41) is 4.71. The normalized spacial score (nSPS) is 16.2. The van der Waals surface area contributed by atoms with Gasteiger partial charge in [-0.15, -0.1) is 11.3 Å². The third-order valence-electron chi connectivity index (χ3n) is 4.53. The summed E-state index contributed by atoms with van der Waals surface area (Å²) in [4.78, 5) is 18.1. The highest BCUT2D eigenvalue weighted by Crippen LogP contribution is 2.25. The number of hydroxylamine groups is 1. The molecule has 1 aromatic heterocycles. The number of fused-ring (bicyclic) bond motifs is 1. The highest BCUT2D eigenvalue weighted by atomic mass is 32.1. The topological polar surface area (TPSA) is 50.4 Å². The Labute approximate surface area is 147 Å². The molecular weight excluding hydrogens is 320 g/mol. The molecule has 1 amide bonds. The zero-order valence-corrected chi connectivity index (χ0v) is 14.9. The van der Waals surface area contributed by atoms with Gasteiger partial charge < -0.3 is 5.32 Å². The molecule has 0 atom stereocenters. The number of hydrogen-bond acceptors (Lipinski definition) is 4. The molecule has 2 N–H and O–H groups in total. The van der Waals surface area contributed by atoms with Crippen LogP contribution in [0.2, 0.25) is 0 Å². The van der Waals surface area contributed by atoms with E-state index in [0.717, 1.165) is 23.1 Å². The lowest BCUT2D eigenvalue weighted by molar-refractivity contribution is 0.0306. The molecule has 24 heavy (non-hydrogen) atoms. The smallest absolute Gasteiger partial charge is 0.284 e. The molecule has 0 saturated heterocycles. The Bertz CT molecular complexity index is 615. The Hall–Kier alpha value is -1.43. The molecular formula is C19H26N2O2S. The molecule has 1 fully saturated rings. The Morgan fingerprint density at radius 3 is 2.75 bits per heavy atom. The van der Waals surface area contributed by atoms with Crippen molar-refractivity contribution in [1.29, 1.82) is 0 Å². The molecule has 0 unspecified atom stereocenters. The first-order valence-electron chi connectivity index (χ1n) is 8.97. The molecule has 3 rings (SSSR count). The second kappa shape index (κ2) is 9.16. The van der Waals surface area contributed by atoms with Crippen LogP contribution in [0.1, 0.15) is 54.6 Å². The van der Waals surface area contributed by atoms with Gasteiger partial charge in [-0.25, -0.2) is 5.48 Å². The van der Waals surface area contributed by atoms with E-state index in [4.69, 9.17) is 4.84 Å². The molecule has 0 aliphatic heterocycles. The van der Waals surface area contributed by atoms with Crippen molar-refractivity contribution in [3.63, 3.8) is 0 Å². The van der Waals surface area contributed by atoms with E-state index in [0.29, 0.717) is 17.5 Å². The van der Waals surface area contributed by atoms with Crippen LogP contribution in [-0.2, 0) is 4.84 Å². The van der Waals surface area contributed by atoms with Gasteiger partial charge in [-0.2, -0.15) is 0 Å². The van der Waals surface area contributed by atoms with E-state index in [2.05, 4.69) is 10.8 Å². The maximum absolute atomic E-state index is 12.1. The molecule has 4 nitrogen and oxygen atoms in total. The number of carbonyl (C=O) groups is 1. The van der Waals surface area contributed by atoms with E-state index < -0.39 is 0 Å². The maximum atomic E-state index is 12.1. The second-order valence-electron chi connectivity index (χ2n) is 6.42. The number of carbonyl (C=O) groups excluding carboxylic acids is 1. The zero-order chi connectivity index (χ0) is 16.6. The van der Waals surface area contributed by atoms with Gasteiger partial charge in [-0.05, 0) is 43.3 Å². The number of hydrogen-bond donors (Lipinski definition) is 2. The molecule has 1 saturated carbocycles. The van der Waals surface area contributed by atoms with Crippen molar-refractivity contribution in [3.8, 4) is 0 Å². The Morgan fingerprint density at radius 1 is 1.17 bits per heavy atom. The molecule has 0 radical (unpaired) electrons. The van der Waals surface area contributed by atoms with Crippen molar-refractivity contribution in [2.24, 2.45) is 0 Å². The number of benzene rings is 1. The summed E-state index contributed by atoms with van der Waals surface area (Å²) in [6.45, 7) is 1.49. The minimum Gasteiger partial charge on any atom is -0.314 e. The fourth-order valence-corrected chi connectivity index (χ4v) is 4.14. The molecule has 0 bridgehead atoms. The van der Waals surface area contributed by atoms with Gasteiger partial charge in [0.2, 0.25) is 0 Å². The summed E-state index contributed by atoms with van der Waals surface area (Å²) in [5.74, 6) is -0.159. The van der Waals surface area contributed by atoms with Gasteiger partial charge in [-0.3, -0.25) is 9.63 Å². The lowest BCUT2D eigenvalue weighted by atomic mass is 10.1. The zero-order valence-electron chi connectivity index (χ0n) is 14.1. The van der Waals surface area contributed by atoms with Crippen molar-refractivity contribution in [2.75, 3.05) is 13.2 Å². The minimum atomic E-state index is -0.159. The summed E-state index contributed by atoms with van der Waals surface area (Å²) in [6.07, 6.45) is 8.95. The number of nitrogens with one attached hydrogen (secondary N) is 2. The van der Waals surface area contributed by atoms with Crippen molar-refractivity contribution in [3.05, 3.63) is 35.2 Å². The first-order chi connectivity index (χ1) is 11.8. The lowest BCUT2D eigenvalue weighted by Crippen LogP contribution is -2.31. The summed E-state index contributed by atoms with van der Waals surface area (Å²) < 4.78 is 1.12. The Morgan fingerprint density at radius 2 is 1.96 bits per heavy atom. The van der Waals surface area contributed by atoms with E-state index >= 15 is 0 Å². The standard InChI is InChI=1S/C19H26N2O2S/c22-19(18-14-15-8-5-6-11-17(15)24-18)21-23-13-7-12-20-16-9-3-1-2-4-10-16/h5-6,8,11,14,16,20H,1-4,7,9-10,12-13H2,(H,21,22). The van der Waals surface area contributed by atoms with E-state index in [1.165, 1.54) is 49.9 Å². The molecule has 0 spiro atoms. The van der Waals surface area contributed by atoms with E-state index in [1.54, 1.807) is 0 Å². The SMILES string of the molecule is O=C(NOCCCNC1CCCCCC1)c1cc2ccccc2s1. The maximum Gasteiger partial charge on any atom is 0.284 e. The van der Waals surface area contributed by atoms with Crippen LogP contribution in [-0.4, -0.2) is 25.1 Å². The van der Waals surface area contributed by atoms with E-state index in [-0.39, 0.29) is 5.91 Å². The van der Waals surface area contributed by atoms with Crippen molar-refractivity contribution in [2.45, 2.75) is 51.0 Å². The molecule has 1 aliphatic rings. The Balaban J connectivity index is 1.32. The van der Waals surface area contributed by atoms with Crippen LogP contribution in [0, 0.1) is 0 Å². The van der Waals surface area contributed by atoms with Crippen molar-refractivity contribution < 1.29 is 9.63 Å². The molecule has 130 valence electrons. The van der Waals surface area contributed by atoms with Gasteiger partial charge in [0, 0.05) is 10.7 Å². The molecule has 1 heterocycles. The highest BCUT2D eigenvalue weighted by molar-refractivity contribution is 7.20. The number of amides is 1. The first-order valence-corrected chi connectivity index (χ1v) is 9.79. The van der Waals surface area contributed by atoms with Crippen LogP contribution in [0.4, 0.5) is 0 Å². The number of thiophene rings is 1. The average Bonchev–Trinajstić information content (AvgIpc) is 2.87. The van der Waals surface area contributed by atoms with Gasteiger partial charge in [-0.1, -0.05) is 43.9 Å². The van der Waals surface area contributed by atoms with Gasteiger partial charge in [0.1, 0.15) is 0 Å². The predicted molar refractivity (Wildman–Crippen MR) is 99.4 cm³/mol. The molecule has 5 heteroatoms. The lowest BCUT2D eigenvalue weighted by Gasteiger charge is -2.15. The van der Waals surface area contributed by atoms with Gasteiger partial charge in [0.25, 0.3) is 5.91 Å². The van der Waals surface area contributed by atoms with Crippen LogP contribution in [0.3, 0.4) is 0 Å². The Kier molecular flexibility index (Phi) is 6.64. The fraction of sp³-hybridized carbons (Fsp3) is 0.526. The third kappa shape index (κ3) is 5.03. The van der Waals surface area contributed by atoms with Crippen LogP contribution in [0.15, 0.2) is 30.3 Å². The molecule has 2 aromatic rings. The van der Waals surface area contributed by atoms with Crippen LogP contribution in [0.5, 0.6) is 0 Å². The quantitative estimate of drug-likeness (QED) is 0.447. The average molecular weight is 346 g/mol. The summed E-state index contributed by atoms with van der Waals surface area (Å²) >= 11 is 1.49. The van der Waals surface area contributed by atoms with Crippen LogP contribution in [0.25, 0.3) is 10.1 Å². The van der Waals surface area contributed by atoms with Crippen LogP contribution >= 0.6 is 11.3 Å². The first kappa shape index (κ1) is 17.4. The molecule has 1 aromatic carbocycles. The second-order valence-corrected chi connectivity index (χ2v) is 7.51. The van der Waals surface area contributed by atoms with Gasteiger partial charge >= 0.3 is 0 Å². The third-order valence-corrected chi connectivity index (χ3v) is 5.64. The summed E-state index contributed by atoms with van der Waals surface area (Å²) in [7, 11) is 0. The summed E-state index contributed by atoms with van der Waals surface area (Å²) in [5.41, 5.74) is 2.55. The van der Waals surface area contributed by atoms with E-state index in [1.807, 2.05) is 30.3 Å². The fourth-order valence-electron chi connectivity index (χ4n) is 3.19. The van der Waals surface area contributed by atoms with Crippen molar-refractivity contribution in [1.82, 2.24) is 10.8 Å². The van der Waals surface area contributed by atoms with Gasteiger partial charge in [0.05, 0.1) is 11.5 Å². The number of rotatable bonds is 7. The van der Waals surface area contributed by atoms with Crippen LogP contribution < -0.4 is 10.8 Å². The van der Waals surface area contributed by atoms with E-state index in [9.17, 15) is 4.79 Å². The predicted octanol–water partition coefficient (Wildman–Crippen LogP) is 4.27. The summed E-state index contributed by atoms with van der Waals surface area (Å²) in [6, 6.07) is 10.6.